The number of furan rings is 1. The lowest BCUT2D eigenvalue weighted by atomic mass is 9.67. The number of hydrogen-bond acceptors (Lipinski definition) is 2. The Morgan fingerprint density at radius 3 is 1.38 bits per heavy atom. The number of fused-ring (bicyclic) bond motifs is 12. The van der Waals surface area contributed by atoms with Crippen LogP contribution in [0.15, 0.2) is 235 Å². The van der Waals surface area contributed by atoms with Gasteiger partial charge < -0.3 is 9.32 Å². The SMILES string of the molecule is CC1(C)c2ccccc2-c2ccc(N(c3ccc4c(c3)C(c3ccccc3)(c3ccccc3)c3ccccc3-4)c3ccc4c(c3)oc3c(C5(C)c6ccccc6-c6ccccc65)cccc34)cc21. The summed E-state index contributed by atoms with van der Waals surface area (Å²) in [5.41, 5.74) is 23.2. The van der Waals surface area contributed by atoms with Crippen molar-refractivity contribution in [3.63, 3.8) is 0 Å². The van der Waals surface area contributed by atoms with Crippen LogP contribution in [-0.2, 0) is 16.2 Å². The van der Waals surface area contributed by atoms with Crippen molar-refractivity contribution >= 4 is 39.0 Å². The second-order valence-electron chi connectivity index (χ2n) is 19.7. The van der Waals surface area contributed by atoms with Gasteiger partial charge in [0.1, 0.15) is 11.2 Å². The number of nitrogens with zero attached hydrogens (tertiary/aromatic N) is 1. The Labute approximate surface area is 397 Å². The molecule has 3 aliphatic rings. The summed E-state index contributed by atoms with van der Waals surface area (Å²) >= 11 is 0. The molecule has 1 aromatic heterocycles. The lowest BCUT2D eigenvalue weighted by Gasteiger charge is -2.35. The van der Waals surface area contributed by atoms with Gasteiger partial charge in [-0.25, -0.2) is 0 Å². The van der Waals surface area contributed by atoms with E-state index in [1.165, 1.54) is 83.5 Å². The van der Waals surface area contributed by atoms with Crippen LogP contribution in [0.2, 0.25) is 0 Å². The summed E-state index contributed by atoms with van der Waals surface area (Å²) in [7, 11) is 0. The molecule has 3 aliphatic carbocycles. The third-order valence-electron chi connectivity index (χ3n) is 16.0. The van der Waals surface area contributed by atoms with E-state index in [0.717, 1.165) is 39.0 Å². The standard InChI is InChI=1S/C66H47NO/c1-64(2)55-28-14-10-23-47(55)51-36-33-44(39-60(51)64)67(45-34-37-52-50-26-13-17-31-58(50)66(61(52)40-45,42-19-6-4-7-20-42)43-21-8-5-9-22-43)46-35-38-53-54-27-18-32-59(63(54)68-62(53)41-46)65(3)56-29-15-11-24-48(56)49-25-12-16-30-57(49)65/h4-41H,1-3H3. The highest BCUT2D eigenvalue weighted by atomic mass is 16.3. The topological polar surface area (TPSA) is 16.4 Å². The minimum absolute atomic E-state index is 0.171. The van der Waals surface area contributed by atoms with Crippen molar-refractivity contribution in [1.29, 1.82) is 0 Å². The van der Waals surface area contributed by atoms with E-state index in [1.54, 1.807) is 0 Å². The first-order valence-electron chi connectivity index (χ1n) is 23.9. The van der Waals surface area contributed by atoms with E-state index in [1.807, 2.05) is 0 Å². The Hall–Kier alpha value is -8.20. The normalized spacial score (nSPS) is 15.0. The van der Waals surface area contributed by atoms with Gasteiger partial charge in [0, 0.05) is 50.3 Å². The van der Waals surface area contributed by atoms with Gasteiger partial charge in [-0.1, -0.05) is 202 Å². The Bertz CT molecular complexity index is 3770. The van der Waals surface area contributed by atoms with Crippen LogP contribution in [0.3, 0.4) is 0 Å². The molecule has 0 saturated heterocycles. The molecule has 2 heteroatoms. The maximum absolute atomic E-state index is 7.24. The fraction of sp³-hybridized carbons (Fsp3) is 0.0909. The van der Waals surface area contributed by atoms with E-state index >= 15 is 0 Å². The van der Waals surface area contributed by atoms with Gasteiger partial charge >= 0.3 is 0 Å². The largest absolute Gasteiger partial charge is 0.456 e. The fourth-order valence-electron chi connectivity index (χ4n) is 12.9. The van der Waals surface area contributed by atoms with Crippen LogP contribution >= 0.6 is 0 Å². The van der Waals surface area contributed by atoms with Crippen molar-refractivity contribution < 1.29 is 4.42 Å². The molecule has 322 valence electrons. The van der Waals surface area contributed by atoms with Gasteiger partial charge in [-0.3, -0.25) is 0 Å². The lowest BCUT2D eigenvalue weighted by Crippen LogP contribution is -2.28. The van der Waals surface area contributed by atoms with Gasteiger partial charge in [0.2, 0.25) is 0 Å². The van der Waals surface area contributed by atoms with Crippen molar-refractivity contribution in [2.75, 3.05) is 4.90 Å². The predicted molar refractivity (Wildman–Crippen MR) is 281 cm³/mol. The summed E-state index contributed by atoms with van der Waals surface area (Å²) in [6.45, 7) is 7.11. The molecule has 68 heavy (non-hydrogen) atoms. The highest BCUT2D eigenvalue weighted by Gasteiger charge is 2.47. The monoisotopic (exact) mass is 869 g/mol. The van der Waals surface area contributed by atoms with Crippen LogP contribution in [0, 0.1) is 0 Å². The lowest BCUT2D eigenvalue weighted by molar-refractivity contribution is 0.638. The summed E-state index contributed by atoms with van der Waals surface area (Å²) in [4.78, 5) is 2.46. The molecule has 10 aromatic carbocycles. The van der Waals surface area contributed by atoms with Gasteiger partial charge in [-0.2, -0.15) is 0 Å². The van der Waals surface area contributed by atoms with E-state index in [2.05, 4.69) is 256 Å². The molecular formula is C66H47NO. The maximum Gasteiger partial charge on any atom is 0.139 e. The Morgan fingerprint density at radius 1 is 0.324 bits per heavy atom. The smallest absolute Gasteiger partial charge is 0.139 e. The molecule has 14 rings (SSSR count). The zero-order valence-electron chi connectivity index (χ0n) is 38.3. The number of rotatable bonds is 6. The van der Waals surface area contributed by atoms with Crippen molar-refractivity contribution in [2.24, 2.45) is 0 Å². The third kappa shape index (κ3) is 5.12. The van der Waals surface area contributed by atoms with Gasteiger partial charge in [0.25, 0.3) is 0 Å². The molecule has 0 unspecified atom stereocenters. The number of anilines is 3. The zero-order valence-corrected chi connectivity index (χ0v) is 38.3. The molecule has 2 nitrogen and oxygen atoms in total. The fourth-order valence-corrected chi connectivity index (χ4v) is 12.9. The second kappa shape index (κ2) is 14.2. The Kier molecular flexibility index (Phi) is 8.12. The van der Waals surface area contributed by atoms with Crippen molar-refractivity contribution in [1.82, 2.24) is 0 Å². The van der Waals surface area contributed by atoms with Crippen LogP contribution in [0.5, 0.6) is 0 Å². The second-order valence-corrected chi connectivity index (χ2v) is 19.7. The van der Waals surface area contributed by atoms with Crippen molar-refractivity contribution in [3.05, 3.63) is 281 Å². The molecule has 0 bridgehead atoms. The molecule has 0 spiro atoms. The van der Waals surface area contributed by atoms with Crippen LogP contribution in [0.1, 0.15) is 70.8 Å². The summed E-state index contributed by atoms with van der Waals surface area (Å²) in [5, 5.41) is 2.23. The maximum atomic E-state index is 7.24. The predicted octanol–water partition coefficient (Wildman–Crippen LogP) is 17.1. The summed E-state index contributed by atoms with van der Waals surface area (Å²) in [6.07, 6.45) is 0. The number of benzene rings is 10. The van der Waals surface area contributed by atoms with E-state index < -0.39 is 10.8 Å². The van der Waals surface area contributed by atoms with Gasteiger partial charge in [-0.15, -0.1) is 0 Å². The third-order valence-corrected chi connectivity index (χ3v) is 16.0. The Balaban J connectivity index is 1.00. The minimum Gasteiger partial charge on any atom is -0.456 e. The molecule has 0 radical (unpaired) electrons. The summed E-state index contributed by atoms with van der Waals surface area (Å²) < 4.78 is 7.24. The number of hydrogen-bond donors (Lipinski definition) is 0. The molecule has 0 saturated carbocycles. The summed E-state index contributed by atoms with van der Waals surface area (Å²) in [5.74, 6) is 0. The van der Waals surface area contributed by atoms with Crippen molar-refractivity contribution in [3.8, 4) is 33.4 Å². The highest BCUT2D eigenvalue weighted by Crippen LogP contribution is 2.59. The average Bonchev–Trinajstić information content (AvgIpc) is 4.07. The molecule has 0 aliphatic heterocycles. The molecular weight excluding hydrogens is 823 g/mol. The highest BCUT2D eigenvalue weighted by molar-refractivity contribution is 6.08. The van der Waals surface area contributed by atoms with Gasteiger partial charge in [0.15, 0.2) is 0 Å². The van der Waals surface area contributed by atoms with E-state index in [-0.39, 0.29) is 5.41 Å². The summed E-state index contributed by atoms with van der Waals surface area (Å²) in [6, 6.07) is 85.7. The molecule has 0 fully saturated rings. The first-order chi connectivity index (χ1) is 33.4. The van der Waals surface area contributed by atoms with Crippen LogP contribution in [0.4, 0.5) is 17.1 Å². The van der Waals surface area contributed by atoms with Gasteiger partial charge in [0.05, 0.1) is 5.41 Å². The Morgan fingerprint density at radius 2 is 0.765 bits per heavy atom. The molecule has 1 heterocycles. The number of para-hydroxylation sites is 1. The molecule has 0 N–H and O–H groups in total. The van der Waals surface area contributed by atoms with E-state index in [4.69, 9.17) is 4.42 Å². The van der Waals surface area contributed by atoms with Crippen LogP contribution < -0.4 is 4.90 Å². The van der Waals surface area contributed by atoms with Crippen LogP contribution in [0.25, 0.3) is 55.3 Å². The average molecular weight is 870 g/mol. The first-order valence-corrected chi connectivity index (χ1v) is 23.9. The molecule has 0 amide bonds. The minimum atomic E-state index is -0.537. The van der Waals surface area contributed by atoms with Crippen molar-refractivity contribution in [2.45, 2.75) is 37.0 Å². The van der Waals surface area contributed by atoms with E-state index in [9.17, 15) is 0 Å². The quantitative estimate of drug-likeness (QED) is 0.166. The zero-order chi connectivity index (χ0) is 45.4. The van der Waals surface area contributed by atoms with Gasteiger partial charge in [-0.05, 0) is 121 Å². The van der Waals surface area contributed by atoms with E-state index in [0.29, 0.717) is 0 Å². The molecule has 0 atom stereocenters. The molecule has 11 aromatic rings. The van der Waals surface area contributed by atoms with Crippen LogP contribution in [-0.4, -0.2) is 0 Å². The first kappa shape index (κ1) is 39.0.